The van der Waals surface area contributed by atoms with Crippen LogP contribution in [0, 0.1) is 0 Å². The van der Waals surface area contributed by atoms with Crippen LogP contribution in [0.15, 0.2) is 35.3 Å². The Morgan fingerprint density at radius 2 is 1.92 bits per heavy atom. The monoisotopic (exact) mass is 333 g/mol. The molecule has 2 N–H and O–H groups in total. The molecule has 0 aromatic heterocycles. The summed E-state index contributed by atoms with van der Waals surface area (Å²) in [7, 11) is 0. The molecule has 24 heavy (non-hydrogen) atoms. The fourth-order valence-electron chi connectivity index (χ4n) is 3.03. The summed E-state index contributed by atoms with van der Waals surface area (Å²) in [5.74, 6) is -1.17. The molecule has 3 rings (SSSR count). The van der Waals surface area contributed by atoms with Crippen LogP contribution in [0.3, 0.4) is 0 Å². The van der Waals surface area contributed by atoms with Crippen LogP contribution < -0.4 is 0 Å². The summed E-state index contributed by atoms with van der Waals surface area (Å²) in [6.45, 7) is 2.41. The summed E-state index contributed by atoms with van der Waals surface area (Å²) in [6, 6.07) is 8.85. The summed E-state index contributed by atoms with van der Waals surface area (Å²) >= 11 is 0. The van der Waals surface area contributed by atoms with Gasteiger partial charge in [-0.1, -0.05) is 30.3 Å². The Labute approximate surface area is 139 Å². The molecule has 1 saturated heterocycles. The van der Waals surface area contributed by atoms with Crippen LogP contribution in [0.1, 0.15) is 18.6 Å². The molecule has 8 heteroatoms. The molecule has 0 spiro atoms. The van der Waals surface area contributed by atoms with E-state index < -0.39 is 18.1 Å². The Bertz CT molecular complexity index is 663. The van der Waals surface area contributed by atoms with Crippen molar-refractivity contribution in [3.05, 3.63) is 35.9 Å². The number of carboxylic acids is 1. The number of amidine groups is 1. The topological polar surface area (TPSA) is 103 Å². The van der Waals surface area contributed by atoms with E-state index in [4.69, 9.17) is 9.84 Å². The molecular weight excluding hydrogens is 314 g/mol. The molecule has 1 amide bonds. The maximum atomic E-state index is 11.4. The molecule has 0 saturated carbocycles. The van der Waals surface area contributed by atoms with Crippen LogP contribution >= 0.6 is 0 Å². The number of hydrogen-bond acceptors (Lipinski definition) is 5. The van der Waals surface area contributed by atoms with E-state index in [2.05, 4.69) is 4.99 Å². The van der Waals surface area contributed by atoms with Crippen molar-refractivity contribution in [3.8, 4) is 0 Å². The van der Waals surface area contributed by atoms with Gasteiger partial charge < -0.3 is 19.8 Å². The van der Waals surface area contributed by atoms with Crippen molar-refractivity contribution in [3.63, 3.8) is 0 Å². The van der Waals surface area contributed by atoms with Crippen molar-refractivity contribution in [2.45, 2.75) is 25.1 Å². The highest BCUT2D eigenvalue weighted by Gasteiger charge is 2.39. The SMILES string of the molecule is C[C@@H]1N=C(N2CCN(C(=O)O)C(C(=O)O)C2)O[C@H]1c1ccccc1. The van der Waals surface area contributed by atoms with Gasteiger partial charge in [0.05, 0.1) is 12.6 Å². The number of benzene rings is 1. The second kappa shape index (κ2) is 6.38. The molecule has 2 aliphatic rings. The number of aliphatic imine (C=N–C) groups is 1. The van der Waals surface area contributed by atoms with E-state index in [0.29, 0.717) is 12.6 Å². The van der Waals surface area contributed by atoms with E-state index in [0.717, 1.165) is 10.5 Å². The third-order valence-corrected chi connectivity index (χ3v) is 4.29. The molecule has 3 atom stereocenters. The quantitative estimate of drug-likeness (QED) is 0.844. The van der Waals surface area contributed by atoms with Gasteiger partial charge in [0.1, 0.15) is 6.10 Å². The average Bonchev–Trinajstić information content (AvgIpc) is 2.96. The van der Waals surface area contributed by atoms with Gasteiger partial charge in [-0.15, -0.1) is 0 Å². The zero-order chi connectivity index (χ0) is 17.3. The van der Waals surface area contributed by atoms with E-state index in [1.54, 1.807) is 4.90 Å². The lowest BCUT2D eigenvalue weighted by Gasteiger charge is -2.38. The summed E-state index contributed by atoms with van der Waals surface area (Å²) in [5.41, 5.74) is 1.00. The first-order valence-corrected chi connectivity index (χ1v) is 7.74. The summed E-state index contributed by atoms with van der Waals surface area (Å²) in [6.07, 6.45) is -1.45. The minimum absolute atomic E-state index is 0.0225. The van der Waals surface area contributed by atoms with Crippen LogP contribution in [0.2, 0.25) is 0 Å². The molecule has 1 fully saturated rings. The zero-order valence-corrected chi connectivity index (χ0v) is 13.2. The van der Waals surface area contributed by atoms with E-state index >= 15 is 0 Å². The van der Waals surface area contributed by atoms with Crippen molar-refractivity contribution >= 4 is 18.1 Å². The number of aliphatic carboxylic acids is 1. The van der Waals surface area contributed by atoms with Gasteiger partial charge in [-0.3, -0.25) is 4.90 Å². The first-order valence-electron chi connectivity index (χ1n) is 7.74. The molecule has 1 aromatic carbocycles. The van der Waals surface area contributed by atoms with Gasteiger partial charge >= 0.3 is 12.1 Å². The average molecular weight is 333 g/mol. The Morgan fingerprint density at radius 1 is 1.21 bits per heavy atom. The largest absolute Gasteiger partial charge is 0.480 e. The highest BCUT2D eigenvalue weighted by molar-refractivity contribution is 5.82. The molecule has 2 heterocycles. The number of amides is 1. The van der Waals surface area contributed by atoms with Crippen molar-refractivity contribution in [2.75, 3.05) is 19.6 Å². The lowest BCUT2D eigenvalue weighted by molar-refractivity contribution is -0.144. The van der Waals surface area contributed by atoms with Crippen molar-refractivity contribution in [1.29, 1.82) is 0 Å². The van der Waals surface area contributed by atoms with Crippen LogP contribution in [0.5, 0.6) is 0 Å². The first kappa shape index (κ1) is 16.1. The molecule has 8 nitrogen and oxygen atoms in total. The zero-order valence-electron chi connectivity index (χ0n) is 13.2. The number of nitrogens with zero attached hydrogens (tertiary/aromatic N) is 3. The number of ether oxygens (including phenoxy) is 1. The van der Waals surface area contributed by atoms with Crippen LogP contribution in [0.4, 0.5) is 4.79 Å². The second-order valence-corrected chi connectivity index (χ2v) is 5.88. The fourth-order valence-corrected chi connectivity index (χ4v) is 3.03. The molecule has 1 unspecified atom stereocenters. The van der Waals surface area contributed by atoms with Gasteiger partial charge in [0.15, 0.2) is 6.04 Å². The van der Waals surface area contributed by atoms with Gasteiger partial charge in [-0.25, -0.2) is 14.6 Å². The van der Waals surface area contributed by atoms with E-state index in [1.165, 1.54) is 0 Å². The number of hydrogen-bond donors (Lipinski definition) is 2. The Morgan fingerprint density at radius 3 is 2.54 bits per heavy atom. The Balaban J connectivity index is 1.73. The minimum atomic E-state index is -1.23. The van der Waals surface area contributed by atoms with E-state index in [-0.39, 0.29) is 25.2 Å². The predicted molar refractivity (Wildman–Crippen MR) is 84.9 cm³/mol. The maximum Gasteiger partial charge on any atom is 0.408 e. The van der Waals surface area contributed by atoms with Gasteiger partial charge in [-0.2, -0.15) is 0 Å². The number of piperazine rings is 1. The predicted octanol–water partition coefficient (Wildman–Crippen LogP) is 1.25. The van der Waals surface area contributed by atoms with Gasteiger partial charge in [-0.05, 0) is 12.5 Å². The molecule has 1 aromatic rings. The highest BCUT2D eigenvalue weighted by atomic mass is 16.5. The molecule has 128 valence electrons. The van der Waals surface area contributed by atoms with Gasteiger partial charge in [0.2, 0.25) is 0 Å². The lowest BCUT2D eigenvalue weighted by atomic mass is 10.0. The highest BCUT2D eigenvalue weighted by Crippen LogP contribution is 2.30. The number of carboxylic acid groups (broad SMARTS) is 2. The molecule has 0 radical (unpaired) electrons. The Hall–Kier alpha value is -2.77. The molecule has 0 bridgehead atoms. The van der Waals surface area contributed by atoms with Crippen LogP contribution in [-0.4, -0.2) is 69.8 Å². The van der Waals surface area contributed by atoms with Crippen LogP contribution in [-0.2, 0) is 9.53 Å². The third-order valence-electron chi connectivity index (χ3n) is 4.29. The Kier molecular flexibility index (Phi) is 4.28. The fraction of sp³-hybridized carbons (Fsp3) is 0.438. The molecular formula is C16H19N3O5. The smallest absolute Gasteiger partial charge is 0.408 e. The van der Waals surface area contributed by atoms with E-state index in [1.807, 2.05) is 37.3 Å². The van der Waals surface area contributed by atoms with Crippen molar-refractivity contribution in [2.24, 2.45) is 4.99 Å². The normalized spacial score (nSPS) is 26.7. The maximum absolute atomic E-state index is 11.4. The summed E-state index contributed by atoms with van der Waals surface area (Å²) in [5, 5.41) is 18.4. The first-order chi connectivity index (χ1) is 11.5. The van der Waals surface area contributed by atoms with Gasteiger partial charge in [0, 0.05) is 13.1 Å². The van der Waals surface area contributed by atoms with Crippen LogP contribution in [0.25, 0.3) is 0 Å². The summed E-state index contributed by atoms with van der Waals surface area (Å²) in [4.78, 5) is 29.7. The van der Waals surface area contributed by atoms with Crippen molar-refractivity contribution < 1.29 is 24.5 Å². The van der Waals surface area contributed by atoms with Gasteiger partial charge in [0.25, 0.3) is 6.02 Å². The molecule has 0 aliphatic carbocycles. The lowest BCUT2D eigenvalue weighted by Crippen LogP contribution is -2.59. The van der Waals surface area contributed by atoms with E-state index in [9.17, 15) is 14.7 Å². The minimum Gasteiger partial charge on any atom is -0.480 e. The van der Waals surface area contributed by atoms with Crippen molar-refractivity contribution in [1.82, 2.24) is 9.80 Å². The number of rotatable bonds is 2. The summed E-state index contributed by atoms with van der Waals surface area (Å²) < 4.78 is 5.94. The standard InChI is InChI=1S/C16H19N3O5/c1-10-13(11-5-3-2-4-6-11)24-15(17-10)18-7-8-19(16(22)23)12(9-18)14(20)21/h2-6,10,12-13H,7-9H2,1H3,(H,20,21)(H,22,23)/t10-,12?,13+/m0/s1. The molecule has 2 aliphatic heterocycles. The second-order valence-electron chi connectivity index (χ2n) is 5.88. The number of carbonyl (C=O) groups is 2. The third kappa shape index (κ3) is 2.99.